The zero-order valence-corrected chi connectivity index (χ0v) is 11.6. The van der Waals surface area contributed by atoms with Crippen molar-refractivity contribution in [1.29, 1.82) is 0 Å². The van der Waals surface area contributed by atoms with Crippen molar-refractivity contribution < 1.29 is 13.5 Å². The number of aromatic nitrogens is 2. The van der Waals surface area contributed by atoms with Crippen molar-refractivity contribution in [3.8, 4) is 17.0 Å². The van der Waals surface area contributed by atoms with Gasteiger partial charge in [0.15, 0.2) is 0 Å². The molecule has 3 rings (SSSR count). The van der Waals surface area contributed by atoms with Crippen molar-refractivity contribution in [3.05, 3.63) is 36.8 Å². The number of halogens is 2. The number of ether oxygens (including phenoxy) is 1. The number of imidazole rings is 1. The van der Waals surface area contributed by atoms with Gasteiger partial charge >= 0.3 is 6.61 Å². The first-order chi connectivity index (χ1) is 10.2. The lowest BCUT2D eigenvalue weighted by molar-refractivity contribution is -0.0498. The molecule has 4 nitrogen and oxygen atoms in total. The lowest BCUT2D eigenvalue weighted by Gasteiger charge is -2.30. The molecule has 1 aliphatic rings. The van der Waals surface area contributed by atoms with Gasteiger partial charge in [0.05, 0.1) is 12.0 Å². The van der Waals surface area contributed by atoms with Crippen LogP contribution in [0.3, 0.4) is 0 Å². The maximum atomic E-state index is 12.1. The maximum Gasteiger partial charge on any atom is 0.387 e. The van der Waals surface area contributed by atoms with E-state index in [0.29, 0.717) is 0 Å². The van der Waals surface area contributed by atoms with Crippen LogP contribution in [0.4, 0.5) is 8.78 Å². The predicted molar refractivity (Wildman–Crippen MR) is 75.4 cm³/mol. The van der Waals surface area contributed by atoms with Crippen molar-refractivity contribution in [1.82, 2.24) is 14.5 Å². The Kier molecular flexibility index (Phi) is 4.15. The molecule has 21 heavy (non-hydrogen) atoms. The number of rotatable bonds is 6. The molecule has 0 radical (unpaired) electrons. The molecule has 6 heteroatoms. The molecular formula is C15H17F2N3O. The third-order valence-corrected chi connectivity index (χ3v) is 3.63. The van der Waals surface area contributed by atoms with Crippen molar-refractivity contribution in [3.63, 3.8) is 0 Å². The predicted octanol–water partition coefficient (Wildman–Crippen LogP) is 2.86. The third kappa shape index (κ3) is 3.58. The average Bonchev–Trinajstić information content (AvgIpc) is 2.86. The van der Waals surface area contributed by atoms with Gasteiger partial charge in [-0.05, 0) is 43.8 Å². The lowest BCUT2D eigenvalue weighted by Crippen LogP contribution is -2.39. The highest BCUT2D eigenvalue weighted by Crippen LogP contribution is 2.22. The van der Waals surface area contributed by atoms with Crippen molar-refractivity contribution in [2.45, 2.75) is 19.6 Å². The molecule has 0 aliphatic carbocycles. The first-order valence-corrected chi connectivity index (χ1v) is 7.00. The summed E-state index contributed by atoms with van der Waals surface area (Å²) in [6.45, 7) is 1.54. The number of likely N-dealkylation sites (tertiary alicyclic amines) is 1. The maximum absolute atomic E-state index is 12.1. The Morgan fingerprint density at radius 1 is 1.14 bits per heavy atom. The summed E-state index contributed by atoms with van der Waals surface area (Å²) in [5, 5.41) is 0. The van der Waals surface area contributed by atoms with Crippen molar-refractivity contribution in [2.75, 3.05) is 19.6 Å². The standard InChI is InChI=1S/C15H17F2N3O/c16-15(17)21-13-4-2-12(3-5-13)14-10-20(11-18-14)9-8-19-6-1-7-19/h2-5,10-11,15H,1,6-9H2. The number of alkyl halides is 2. The van der Waals surface area contributed by atoms with E-state index in [1.165, 1.54) is 31.6 Å². The molecule has 0 spiro atoms. The quantitative estimate of drug-likeness (QED) is 0.820. The second-order valence-electron chi connectivity index (χ2n) is 5.09. The molecule has 0 saturated carbocycles. The Bertz CT molecular complexity index is 579. The summed E-state index contributed by atoms with van der Waals surface area (Å²) >= 11 is 0. The van der Waals surface area contributed by atoms with Crippen LogP contribution in [0.25, 0.3) is 11.3 Å². The molecule has 0 N–H and O–H groups in total. The Labute approximate surface area is 122 Å². The Morgan fingerprint density at radius 3 is 2.52 bits per heavy atom. The summed E-state index contributed by atoms with van der Waals surface area (Å²) in [6, 6.07) is 6.53. The van der Waals surface area contributed by atoms with E-state index < -0.39 is 6.61 Å². The molecule has 1 fully saturated rings. The minimum Gasteiger partial charge on any atom is -0.435 e. The van der Waals surface area contributed by atoms with Gasteiger partial charge in [-0.3, -0.25) is 0 Å². The normalized spacial score (nSPS) is 15.2. The van der Waals surface area contributed by atoms with Crippen molar-refractivity contribution in [2.24, 2.45) is 0 Å². The fraction of sp³-hybridized carbons (Fsp3) is 0.400. The van der Waals surface area contributed by atoms with E-state index in [0.717, 1.165) is 24.3 Å². The summed E-state index contributed by atoms with van der Waals surface area (Å²) in [5.74, 6) is 0.158. The SMILES string of the molecule is FC(F)Oc1ccc(-c2cn(CCN3CCC3)cn2)cc1. The minimum absolute atomic E-state index is 0.158. The van der Waals surface area contributed by atoms with E-state index in [4.69, 9.17) is 0 Å². The van der Waals surface area contributed by atoms with Crippen LogP contribution in [0.15, 0.2) is 36.8 Å². The first kappa shape index (κ1) is 14.0. The largest absolute Gasteiger partial charge is 0.435 e. The summed E-state index contributed by atoms with van der Waals surface area (Å²) < 4.78 is 30.6. The first-order valence-electron chi connectivity index (χ1n) is 7.00. The molecule has 1 aliphatic heterocycles. The highest BCUT2D eigenvalue weighted by molar-refractivity contribution is 5.59. The highest BCUT2D eigenvalue weighted by atomic mass is 19.3. The van der Waals surface area contributed by atoms with Crippen LogP contribution in [0.2, 0.25) is 0 Å². The molecule has 1 saturated heterocycles. The molecule has 0 bridgehead atoms. The van der Waals surface area contributed by atoms with Crippen LogP contribution in [0.1, 0.15) is 6.42 Å². The highest BCUT2D eigenvalue weighted by Gasteiger charge is 2.13. The van der Waals surface area contributed by atoms with E-state index in [-0.39, 0.29) is 5.75 Å². The van der Waals surface area contributed by atoms with E-state index in [1.807, 2.05) is 6.20 Å². The number of benzene rings is 1. The smallest absolute Gasteiger partial charge is 0.387 e. The molecule has 0 amide bonds. The zero-order valence-electron chi connectivity index (χ0n) is 11.6. The van der Waals surface area contributed by atoms with Crippen LogP contribution in [-0.2, 0) is 6.54 Å². The molecule has 112 valence electrons. The number of hydrogen-bond donors (Lipinski definition) is 0. The zero-order chi connectivity index (χ0) is 14.7. The Balaban J connectivity index is 1.61. The van der Waals surface area contributed by atoms with Gasteiger partial charge in [0.1, 0.15) is 5.75 Å². The molecule has 2 aromatic rings. The fourth-order valence-corrected chi connectivity index (χ4v) is 2.30. The van der Waals surface area contributed by atoms with E-state index >= 15 is 0 Å². The molecular weight excluding hydrogens is 276 g/mol. The van der Waals surface area contributed by atoms with Gasteiger partial charge in [-0.15, -0.1) is 0 Å². The summed E-state index contributed by atoms with van der Waals surface area (Å²) in [5.41, 5.74) is 1.72. The van der Waals surface area contributed by atoms with Crippen LogP contribution in [0, 0.1) is 0 Å². The molecule has 1 aromatic carbocycles. The number of nitrogens with zero attached hydrogens (tertiary/aromatic N) is 3. The molecule has 2 heterocycles. The van der Waals surface area contributed by atoms with Gasteiger partial charge in [-0.25, -0.2) is 4.98 Å². The molecule has 0 atom stereocenters. The summed E-state index contributed by atoms with van der Waals surface area (Å²) in [4.78, 5) is 6.75. The van der Waals surface area contributed by atoms with Crippen LogP contribution < -0.4 is 4.74 Å². The van der Waals surface area contributed by atoms with Gasteiger partial charge in [0.2, 0.25) is 0 Å². The molecule has 0 unspecified atom stereocenters. The summed E-state index contributed by atoms with van der Waals surface area (Å²) in [6.07, 6.45) is 5.07. The fourth-order valence-electron chi connectivity index (χ4n) is 2.30. The monoisotopic (exact) mass is 293 g/mol. The second kappa shape index (κ2) is 6.22. The lowest BCUT2D eigenvalue weighted by atomic mass is 10.2. The minimum atomic E-state index is -2.79. The van der Waals surface area contributed by atoms with E-state index in [1.54, 1.807) is 18.5 Å². The third-order valence-electron chi connectivity index (χ3n) is 3.63. The van der Waals surface area contributed by atoms with Gasteiger partial charge in [0, 0.05) is 24.8 Å². The van der Waals surface area contributed by atoms with Gasteiger partial charge in [-0.2, -0.15) is 8.78 Å². The molecule has 1 aromatic heterocycles. The average molecular weight is 293 g/mol. The number of hydrogen-bond acceptors (Lipinski definition) is 3. The van der Waals surface area contributed by atoms with Gasteiger partial charge in [-0.1, -0.05) is 0 Å². The van der Waals surface area contributed by atoms with E-state index in [2.05, 4.69) is 19.2 Å². The van der Waals surface area contributed by atoms with Crippen LogP contribution >= 0.6 is 0 Å². The van der Waals surface area contributed by atoms with Gasteiger partial charge in [0.25, 0.3) is 0 Å². The van der Waals surface area contributed by atoms with Crippen LogP contribution in [0.5, 0.6) is 5.75 Å². The Morgan fingerprint density at radius 2 is 1.90 bits per heavy atom. The van der Waals surface area contributed by atoms with Crippen LogP contribution in [-0.4, -0.2) is 40.7 Å². The summed E-state index contributed by atoms with van der Waals surface area (Å²) in [7, 11) is 0. The second-order valence-corrected chi connectivity index (χ2v) is 5.09. The van der Waals surface area contributed by atoms with Gasteiger partial charge < -0.3 is 14.2 Å². The Hall–Kier alpha value is -1.95. The van der Waals surface area contributed by atoms with E-state index in [9.17, 15) is 8.78 Å². The van der Waals surface area contributed by atoms with Crippen molar-refractivity contribution >= 4 is 0 Å². The topological polar surface area (TPSA) is 30.3 Å².